The van der Waals surface area contributed by atoms with Gasteiger partial charge in [0.2, 0.25) is 0 Å². The monoisotopic (exact) mass is 492 g/mol. The highest BCUT2D eigenvalue weighted by molar-refractivity contribution is 5.95. The number of halogens is 1. The van der Waals surface area contributed by atoms with Crippen LogP contribution in [-0.4, -0.2) is 44.7 Å². The summed E-state index contributed by atoms with van der Waals surface area (Å²) in [7, 11) is 0. The minimum absolute atomic E-state index is 0.241. The van der Waals surface area contributed by atoms with Gasteiger partial charge < -0.3 is 10.3 Å². The van der Waals surface area contributed by atoms with E-state index in [-0.39, 0.29) is 11.0 Å². The second kappa shape index (κ2) is 8.05. The molecule has 0 unspecified atom stereocenters. The van der Waals surface area contributed by atoms with Crippen LogP contribution in [0.2, 0.25) is 0 Å². The lowest BCUT2D eigenvalue weighted by atomic mass is 10.1. The van der Waals surface area contributed by atoms with Crippen LogP contribution < -0.4 is 5.32 Å². The third-order valence-corrected chi connectivity index (χ3v) is 6.52. The van der Waals surface area contributed by atoms with E-state index in [9.17, 15) is 0 Å². The number of anilines is 1. The van der Waals surface area contributed by atoms with Crippen molar-refractivity contribution in [2.24, 2.45) is 5.92 Å². The predicted octanol–water partition coefficient (Wildman–Crippen LogP) is 4.93. The summed E-state index contributed by atoms with van der Waals surface area (Å²) < 4.78 is 17.8. The van der Waals surface area contributed by atoms with Crippen molar-refractivity contribution >= 4 is 27.8 Å². The van der Waals surface area contributed by atoms with E-state index in [0.29, 0.717) is 39.9 Å². The Hall–Kier alpha value is -4.93. The molecule has 0 atom stereocenters. The number of aromatic amines is 2. The maximum atomic E-state index is 16.0. The smallest absolute Gasteiger partial charge is 0.184 e. The highest BCUT2D eigenvalue weighted by Gasteiger charge is 2.25. The summed E-state index contributed by atoms with van der Waals surface area (Å²) in [6.45, 7) is 6.00. The lowest BCUT2D eigenvalue weighted by Gasteiger charge is -2.10. The van der Waals surface area contributed by atoms with Gasteiger partial charge in [-0.3, -0.25) is 14.6 Å². The van der Waals surface area contributed by atoms with Crippen molar-refractivity contribution in [1.82, 2.24) is 44.7 Å². The van der Waals surface area contributed by atoms with Crippen LogP contribution >= 0.6 is 0 Å². The Balaban J connectivity index is 1.32. The predicted molar refractivity (Wildman–Crippen MR) is 137 cm³/mol. The van der Waals surface area contributed by atoms with Crippen LogP contribution in [0.3, 0.4) is 0 Å². The molecule has 182 valence electrons. The van der Waals surface area contributed by atoms with E-state index >= 15 is 4.39 Å². The number of hydrogen-bond donors (Lipinski definition) is 3. The molecule has 0 spiro atoms. The number of H-pyrrole nitrogens is 2. The number of nitrogens with zero attached hydrogens (tertiary/aromatic N) is 7. The standard InChI is InChI=1S/C26H21FN10/c1-13-11-37(12-31-13)26-22-19(5-6-29-26)33-25(34-22)23-20-21(27)18(10-30-24(20)36-35-23)16-7-17(9-28-8-16)32-14(2)15-3-4-15/h5-12,15,32H,2-4H2,1H3,(H,33,34)(H,30,35,36). The van der Waals surface area contributed by atoms with Crippen molar-refractivity contribution in [2.75, 3.05) is 5.32 Å². The largest absolute Gasteiger partial charge is 0.358 e. The fraction of sp³-hybridized carbons (Fsp3) is 0.154. The molecule has 0 bridgehead atoms. The van der Waals surface area contributed by atoms with Crippen LogP contribution in [0, 0.1) is 18.7 Å². The highest BCUT2D eigenvalue weighted by atomic mass is 19.1. The summed E-state index contributed by atoms with van der Waals surface area (Å²) in [6.07, 6.45) is 12.3. The maximum Gasteiger partial charge on any atom is 0.184 e. The SMILES string of the molecule is C=C(Nc1cncc(-c2cnc3n[nH]c(-c4nc5c(-n6cnc(C)c6)nccc5[nH]4)c3c2F)c1)C1CC1. The van der Waals surface area contributed by atoms with Crippen LogP contribution in [0.15, 0.2) is 61.7 Å². The van der Waals surface area contributed by atoms with E-state index < -0.39 is 5.82 Å². The van der Waals surface area contributed by atoms with Gasteiger partial charge in [-0.1, -0.05) is 6.58 Å². The topological polar surface area (TPSA) is 126 Å². The van der Waals surface area contributed by atoms with Crippen LogP contribution in [0.4, 0.5) is 10.1 Å². The minimum atomic E-state index is -0.460. The van der Waals surface area contributed by atoms with Gasteiger partial charge in [0.1, 0.15) is 23.4 Å². The molecule has 0 amide bonds. The number of pyridine rings is 3. The molecular formula is C26H21FN10. The van der Waals surface area contributed by atoms with E-state index in [1.54, 1.807) is 29.5 Å². The molecule has 1 aliphatic carbocycles. The van der Waals surface area contributed by atoms with E-state index in [1.807, 2.05) is 25.3 Å². The lowest BCUT2D eigenvalue weighted by Crippen LogP contribution is -2.00. The Morgan fingerprint density at radius 3 is 2.89 bits per heavy atom. The zero-order valence-corrected chi connectivity index (χ0v) is 19.8. The molecule has 1 fully saturated rings. The summed E-state index contributed by atoms with van der Waals surface area (Å²) in [4.78, 5) is 25.4. The molecule has 6 aromatic heterocycles. The fourth-order valence-corrected chi connectivity index (χ4v) is 4.46. The number of nitrogens with one attached hydrogen (secondary N) is 3. The van der Waals surface area contributed by atoms with Crippen LogP contribution in [0.5, 0.6) is 0 Å². The van der Waals surface area contributed by atoms with Gasteiger partial charge in [-0.25, -0.2) is 24.3 Å². The Morgan fingerprint density at radius 1 is 1.19 bits per heavy atom. The van der Waals surface area contributed by atoms with E-state index in [4.69, 9.17) is 4.98 Å². The van der Waals surface area contributed by atoms with Crippen LogP contribution in [0.25, 0.3) is 50.5 Å². The van der Waals surface area contributed by atoms with Gasteiger partial charge in [-0.2, -0.15) is 5.10 Å². The normalized spacial score (nSPS) is 13.5. The first kappa shape index (κ1) is 21.4. The van der Waals surface area contributed by atoms with Crippen molar-refractivity contribution in [1.29, 1.82) is 0 Å². The molecule has 10 nitrogen and oxygen atoms in total. The number of hydrogen-bond acceptors (Lipinski definition) is 7. The summed E-state index contributed by atoms with van der Waals surface area (Å²) in [5.74, 6) is 1.07. The van der Waals surface area contributed by atoms with E-state index in [1.165, 1.54) is 6.20 Å². The summed E-state index contributed by atoms with van der Waals surface area (Å²) in [5.41, 5.74) is 5.51. The number of aromatic nitrogens is 9. The second-order valence-electron chi connectivity index (χ2n) is 9.21. The number of fused-ring (bicyclic) bond motifs is 2. The molecule has 11 heteroatoms. The van der Waals surface area contributed by atoms with E-state index in [0.717, 1.165) is 35.4 Å². The number of imidazole rings is 2. The molecule has 1 aliphatic rings. The van der Waals surface area contributed by atoms with Gasteiger partial charge in [0.25, 0.3) is 0 Å². The molecule has 0 saturated heterocycles. The van der Waals surface area contributed by atoms with Gasteiger partial charge in [0, 0.05) is 41.6 Å². The molecule has 3 N–H and O–H groups in total. The first-order valence-electron chi connectivity index (χ1n) is 11.8. The fourth-order valence-electron chi connectivity index (χ4n) is 4.46. The number of aryl methyl sites for hydroxylation is 1. The van der Waals surface area contributed by atoms with Gasteiger partial charge in [-0.15, -0.1) is 0 Å². The maximum absolute atomic E-state index is 16.0. The van der Waals surface area contributed by atoms with Gasteiger partial charge in [0.15, 0.2) is 17.3 Å². The lowest BCUT2D eigenvalue weighted by molar-refractivity contribution is 0.642. The Morgan fingerprint density at radius 2 is 2.08 bits per heavy atom. The van der Waals surface area contributed by atoms with Gasteiger partial charge in [0.05, 0.1) is 28.5 Å². The average Bonchev–Trinajstić information content (AvgIpc) is 3.29. The zero-order chi connectivity index (χ0) is 25.1. The van der Waals surface area contributed by atoms with Crippen molar-refractivity contribution in [3.8, 4) is 28.5 Å². The third kappa shape index (κ3) is 3.63. The Bertz CT molecular complexity index is 1820. The molecule has 0 aromatic carbocycles. The minimum Gasteiger partial charge on any atom is -0.358 e. The average molecular weight is 493 g/mol. The van der Waals surface area contributed by atoms with Crippen molar-refractivity contribution in [3.05, 3.63) is 73.2 Å². The van der Waals surface area contributed by atoms with Crippen molar-refractivity contribution in [2.45, 2.75) is 19.8 Å². The molecule has 1 saturated carbocycles. The van der Waals surface area contributed by atoms with Crippen molar-refractivity contribution in [3.63, 3.8) is 0 Å². The molecule has 6 heterocycles. The first-order valence-corrected chi connectivity index (χ1v) is 11.8. The zero-order valence-electron chi connectivity index (χ0n) is 19.8. The van der Waals surface area contributed by atoms with Gasteiger partial charge >= 0.3 is 0 Å². The number of allylic oxidation sites excluding steroid dienone is 1. The molecule has 7 rings (SSSR count). The van der Waals surface area contributed by atoms with Crippen LogP contribution in [-0.2, 0) is 0 Å². The highest BCUT2D eigenvalue weighted by Crippen LogP contribution is 2.37. The molecular weight excluding hydrogens is 471 g/mol. The summed E-state index contributed by atoms with van der Waals surface area (Å²) >= 11 is 0. The van der Waals surface area contributed by atoms with Gasteiger partial charge in [-0.05, 0) is 37.8 Å². The number of rotatable bonds is 6. The van der Waals surface area contributed by atoms with E-state index in [2.05, 4.69) is 47.0 Å². The van der Waals surface area contributed by atoms with Crippen molar-refractivity contribution < 1.29 is 4.39 Å². The Labute approximate surface area is 209 Å². The third-order valence-electron chi connectivity index (χ3n) is 6.52. The molecule has 6 aromatic rings. The second-order valence-corrected chi connectivity index (χ2v) is 9.21. The summed E-state index contributed by atoms with van der Waals surface area (Å²) in [5, 5.41) is 10.7. The molecule has 0 radical (unpaired) electrons. The quantitative estimate of drug-likeness (QED) is 0.301. The van der Waals surface area contributed by atoms with Crippen LogP contribution in [0.1, 0.15) is 18.5 Å². The summed E-state index contributed by atoms with van der Waals surface area (Å²) in [6, 6.07) is 3.66. The molecule has 37 heavy (non-hydrogen) atoms. The first-order chi connectivity index (χ1) is 18.0. The Kier molecular flexibility index (Phi) is 4.65. The molecule has 0 aliphatic heterocycles.